The number of nitrogens with two attached hydrogens (primary N) is 1. The van der Waals surface area contributed by atoms with Gasteiger partial charge in [-0.05, 0) is 13.8 Å². The van der Waals surface area contributed by atoms with Gasteiger partial charge >= 0.3 is 0 Å². The van der Waals surface area contributed by atoms with E-state index in [0.717, 1.165) is 17.1 Å². The number of rotatable bonds is 4. The largest absolute Gasteiger partial charge is 0.481 e. The fourth-order valence-electron chi connectivity index (χ4n) is 2.27. The predicted octanol–water partition coefficient (Wildman–Crippen LogP) is 1.68. The molecule has 0 saturated carbocycles. The van der Waals surface area contributed by atoms with Gasteiger partial charge in [-0.3, -0.25) is 0 Å². The van der Waals surface area contributed by atoms with Crippen LogP contribution in [0.2, 0.25) is 0 Å². The Bertz CT molecular complexity index is 624. The third kappa shape index (κ3) is 1.99. The van der Waals surface area contributed by atoms with Crippen molar-refractivity contribution in [1.29, 1.82) is 0 Å². The van der Waals surface area contributed by atoms with Crippen LogP contribution in [-0.2, 0) is 13.6 Å². The average molecular weight is 261 g/mol. The van der Waals surface area contributed by atoms with E-state index in [0.29, 0.717) is 23.9 Å². The van der Waals surface area contributed by atoms with Gasteiger partial charge in [0.15, 0.2) is 0 Å². The molecule has 0 fully saturated rings. The zero-order valence-corrected chi connectivity index (χ0v) is 11.8. The van der Waals surface area contributed by atoms with Crippen molar-refractivity contribution in [3.05, 3.63) is 24.2 Å². The second-order valence-corrected chi connectivity index (χ2v) is 4.39. The summed E-state index contributed by atoms with van der Waals surface area (Å²) in [5, 5.41) is 4.35. The van der Waals surface area contributed by atoms with Crippen LogP contribution in [0.3, 0.4) is 0 Å². The monoisotopic (exact) mass is 261 g/mol. The van der Waals surface area contributed by atoms with Crippen LogP contribution in [0.5, 0.6) is 5.88 Å². The van der Waals surface area contributed by atoms with Crippen LogP contribution in [0, 0.1) is 13.8 Å². The maximum Gasteiger partial charge on any atom is 0.221 e. The van der Waals surface area contributed by atoms with Crippen molar-refractivity contribution in [3.8, 4) is 17.1 Å². The second kappa shape index (κ2) is 4.79. The van der Waals surface area contributed by atoms with Gasteiger partial charge in [0.05, 0.1) is 18.4 Å². The summed E-state index contributed by atoms with van der Waals surface area (Å²) in [4.78, 5) is 4.54. The normalized spacial score (nSPS) is 10.7. The van der Waals surface area contributed by atoms with Gasteiger partial charge in [0, 0.05) is 13.6 Å². The molecule has 0 aliphatic carbocycles. The first-order chi connectivity index (χ1) is 9.01. The number of hydrogen-bond donors (Lipinski definition) is 1. The van der Waals surface area contributed by atoms with Gasteiger partial charge in [0.1, 0.15) is 17.3 Å². The molecule has 102 valence electrons. The van der Waals surface area contributed by atoms with E-state index in [9.17, 15) is 0 Å². The minimum absolute atomic E-state index is 0.604. The van der Waals surface area contributed by atoms with E-state index in [1.807, 2.05) is 25.5 Å². The number of anilines is 1. The molecule has 0 spiro atoms. The Balaban J connectivity index is 2.66. The molecule has 2 rings (SSSR count). The SMILES string of the molecule is C=CCn1c(C)nc(-c2c(C)nn(C)c2OC)c1N. The standard InChI is InChI=1S/C13H19N5O/c1-6-7-18-9(3)15-11(12(18)14)10-8(2)16-17(4)13(10)19-5/h6H,1,7,14H2,2-5H3. The lowest BCUT2D eigenvalue weighted by Crippen LogP contribution is -2.03. The summed E-state index contributed by atoms with van der Waals surface area (Å²) in [6.45, 7) is 8.20. The van der Waals surface area contributed by atoms with Gasteiger partial charge in [-0.2, -0.15) is 5.10 Å². The van der Waals surface area contributed by atoms with Crippen LogP contribution in [0.25, 0.3) is 11.3 Å². The minimum Gasteiger partial charge on any atom is -0.481 e. The number of allylic oxidation sites excluding steroid dienone is 1. The summed E-state index contributed by atoms with van der Waals surface area (Å²) in [7, 11) is 3.45. The molecule has 2 heterocycles. The first-order valence-electron chi connectivity index (χ1n) is 6.02. The average Bonchev–Trinajstić information content (AvgIpc) is 2.79. The molecule has 0 atom stereocenters. The van der Waals surface area contributed by atoms with E-state index >= 15 is 0 Å². The Morgan fingerprint density at radius 2 is 2.11 bits per heavy atom. The summed E-state index contributed by atoms with van der Waals surface area (Å²) in [6.07, 6.45) is 1.79. The minimum atomic E-state index is 0.604. The molecule has 0 amide bonds. The molecule has 0 aromatic carbocycles. The molecule has 2 N–H and O–H groups in total. The van der Waals surface area contributed by atoms with Crippen molar-refractivity contribution in [3.63, 3.8) is 0 Å². The third-order valence-electron chi connectivity index (χ3n) is 3.11. The van der Waals surface area contributed by atoms with Crippen LogP contribution in [0.4, 0.5) is 5.82 Å². The Kier molecular flexibility index (Phi) is 3.33. The molecule has 0 bridgehead atoms. The molecule has 0 aliphatic heterocycles. The molecule has 6 nitrogen and oxygen atoms in total. The van der Waals surface area contributed by atoms with Crippen molar-refractivity contribution < 1.29 is 4.74 Å². The van der Waals surface area contributed by atoms with Crippen LogP contribution < -0.4 is 10.5 Å². The molecule has 0 unspecified atom stereocenters. The van der Waals surface area contributed by atoms with Gasteiger partial charge in [0.25, 0.3) is 0 Å². The van der Waals surface area contributed by atoms with Gasteiger partial charge in [0.2, 0.25) is 5.88 Å². The third-order valence-corrected chi connectivity index (χ3v) is 3.11. The zero-order chi connectivity index (χ0) is 14.2. The van der Waals surface area contributed by atoms with Crippen LogP contribution in [-0.4, -0.2) is 26.4 Å². The Morgan fingerprint density at radius 3 is 2.68 bits per heavy atom. The molecule has 6 heteroatoms. The number of methoxy groups -OCH3 is 1. The fraction of sp³-hybridized carbons (Fsp3) is 0.385. The molecule has 0 aliphatic rings. The highest BCUT2D eigenvalue weighted by Crippen LogP contribution is 2.35. The molecule has 0 saturated heterocycles. The van der Waals surface area contributed by atoms with Gasteiger partial charge in [-0.1, -0.05) is 6.08 Å². The van der Waals surface area contributed by atoms with Crippen molar-refractivity contribution >= 4 is 5.82 Å². The molecule has 2 aromatic rings. The van der Waals surface area contributed by atoms with E-state index in [1.165, 1.54) is 0 Å². The van der Waals surface area contributed by atoms with Crippen LogP contribution in [0.15, 0.2) is 12.7 Å². The lowest BCUT2D eigenvalue weighted by atomic mass is 10.2. The second-order valence-electron chi connectivity index (χ2n) is 4.39. The maximum atomic E-state index is 6.18. The number of ether oxygens (including phenoxy) is 1. The first kappa shape index (κ1) is 13.2. The Hall–Kier alpha value is -2.24. The lowest BCUT2D eigenvalue weighted by molar-refractivity contribution is 0.374. The van der Waals surface area contributed by atoms with E-state index in [1.54, 1.807) is 17.9 Å². The summed E-state index contributed by atoms with van der Waals surface area (Å²) in [6, 6.07) is 0. The highest BCUT2D eigenvalue weighted by Gasteiger charge is 2.22. The number of imidazole rings is 1. The van der Waals surface area contributed by atoms with Crippen molar-refractivity contribution in [2.45, 2.75) is 20.4 Å². The van der Waals surface area contributed by atoms with E-state index in [4.69, 9.17) is 10.5 Å². The van der Waals surface area contributed by atoms with Gasteiger partial charge < -0.3 is 15.0 Å². The van der Waals surface area contributed by atoms with Gasteiger partial charge in [-0.25, -0.2) is 9.67 Å². The predicted molar refractivity (Wildman–Crippen MR) is 75.1 cm³/mol. The van der Waals surface area contributed by atoms with Gasteiger partial charge in [-0.15, -0.1) is 6.58 Å². The lowest BCUT2D eigenvalue weighted by Gasteiger charge is -2.05. The zero-order valence-electron chi connectivity index (χ0n) is 11.8. The van der Waals surface area contributed by atoms with E-state index in [2.05, 4.69) is 16.7 Å². The number of hydrogen-bond acceptors (Lipinski definition) is 4. The summed E-state index contributed by atoms with van der Waals surface area (Å²) in [5.74, 6) is 2.11. The number of nitrogens with zero attached hydrogens (tertiary/aromatic N) is 4. The quantitative estimate of drug-likeness (QED) is 0.850. The fourth-order valence-corrected chi connectivity index (χ4v) is 2.27. The number of aryl methyl sites for hydroxylation is 3. The molecule has 2 aromatic heterocycles. The van der Waals surface area contributed by atoms with E-state index < -0.39 is 0 Å². The Labute approximate surface area is 112 Å². The molecular weight excluding hydrogens is 242 g/mol. The van der Waals surface area contributed by atoms with Crippen LogP contribution >= 0.6 is 0 Å². The summed E-state index contributed by atoms with van der Waals surface area (Å²) >= 11 is 0. The van der Waals surface area contributed by atoms with Crippen molar-refractivity contribution in [1.82, 2.24) is 19.3 Å². The van der Waals surface area contributed by atoms with Crippen molar-refractivity contribution in [2.24, 2.45) is 7.05 Å². The Morgan fingerprint density at radius 1 is 1.42 bits per heavy atom. The number of nitrogen functional groups attached to an aromatic ring is 1. The van der Waals surface area contributed by atoms with E-state index in [-0.39, 0.29) is 0 Å². The molecular formula is C13H19N5O. The summed E-state index contributed by atoms with van der Waals surface area (Å²) < 4.78 is 8.99. The highest BCUT2D eigenvalue weighted by molar-refractivity contribution is 5.77. The van der Waals surface area contributed by atoms with Crippen LogP contribution in [0.1, 0.15) is 11.5 Å². The first-order valence-corrected chi connectivity index (χ1v) is 6.02. The molecule has 0 radical (unpaired) electrons. The summed E-state index contributed by atoms with van der Waals surface area (Å²) in [5.41, 5.74) is 8.58. The van der Waals surface area contributed by atoms with Crippen molar-refractivity contribution in [2.75, 3.05) is 12.8 Å². The smallest absolute Gasteiger partial charge is 0.221 e. The maximum absolute atomic E-state index is 6.18. The molecule has 19 heavy (non-hydrogen) atoms. The highest BCUT2D eigenvalue weighted by atomic mass is 16.5. The topological polar surface area (TPSA) is 70.9 Å². The number of aromatic nitrogens is 4.